The van der Waals surface area contributed by atoms with Gasteiger partial charge in [-0.2, -0.15) is 4.98 Å². The maximum Gasteiger partial charge on any atom is 0.234 e. The van der Waals surface area contributed by atoms with Crippen LogP contribution in [0.1, 0.15) is 49.7 Å². The molecule has 1 aromatic heterocycles. The van der Waals surface area contributed by atoms with Crippen LogP contribution in [-0.2, 0) is 10.2 Å². The van der Waals surface area contributed by atoms with Gasteiger partial charge in [-0.15, -0.1) is 0 Å². The average molecular weight is 237 g/mol. The molecule has 1 saturated heterocycles. The summed E-state index contributed by atoms with van der Waals surface area (Å²) in [4.78, 5) is 4.59. The molecule has 0 atom stereocenters. The van der Waals surface area contributed by atoms with Crippen LogP contribution in [0.4, 0.5) is 0 Å². The standard InChI is InChI=1S/C12H19N3O2/c13-8-12(4-1-5-12)11-14-10(15-17-11)9-2-6-16-7-3-9/h9H,1-8,13H2. The van der Waals surface area contributed by atoms with Crippen molar-refractivity contribution >= 4 is 0 Å². The molecule has 5 nitrogen and oxygen atoms in total. The second-order valence-electron chi connectivity index (χ2n) is 5.18. The summed E-state index contributed by atoms with van der Waals surface area (Å²) in [6.07, 6.45) is 5.37. The summed E-state index contributed by atoms with van der Waals surface area (Å²) >= 11 is 0. The first-order valence-corrected chi connectivity index (χ1v) is 6.46. The number of hydrogen-bond acceptors (Lipinski definition) is 5. The van der Waals surface area contributed by atoms with E-state index in [-0.39, 0.29) is 5.41 Å². The molecule has 1 aromatic rings. The molecule has 2 N–H and O–H groups in total. The van der Waals surface area contributed by atoms with Gasteiger partial charge in [-0.3, -0.25) is 0 Å². The highest BCUT2D eigenvalue weighted by molar-refractivity contribution is 5.12. The Morgan fingerprint density at radius 2 is 2.06 bits per heavy atom. The van der Waals surface area contributed by atoms with Crippen LogP contribution in [0.3, 0.4) is 0 Å². The molecule has 0 aromatic carbocycles. The van der Waals surface area contributed by atoms with E-state index in [1.807, 2.05) is 0 Å². The minimum absolute atomic E-state index is 0.0174. The van der Waals surface area contributed by atoms with Crippen molar-refractivity contribution in [2.75, 3.05) is 19.8 Å². The fraction of sp³-hybridized carbons (Fsp3) is 0.833. The number of ether oxygens (including phenoxy) is 1. The number of rotatable bonds is 3. The van der Waals surface area contributed by atoms with Crippen LogP contribution in [-0.4, -0.2) is 29.9 Å². The fourth-order valence-electron chi connectivity index (χ4n) is 2.68. The summed E-state index contributed by atoms with van der Waals surface area (Å²) in [6, 6.07) is 0. The summed E-state index contributed by atoms with van der Waals surface area (Å²) < 4.78 is 10.8. The summed E-state index contributed by atoms with van der Waals surface area (Å²) in [5.41, 5.74) is 5.82. The Labute approximate surface area is 101 Å². The van der Waals surface area contributed by atoms with Gasteiger partial charge in [0.15, 0.2) is 5.82 Å². The Balaban J connectivity index is 1.77. The Kier molecular flexibility index (Phi) is 2.88. The van der Waals surface area contributed by atoms with Crippen molar-refractivity contribution in [3.8, 4) is 0 Å². The van der Waals surface area contributed by atoms with Crippen molar-refractivity contribution in [1.82, 2.24) is 10.1 Å². The normalized spacial score (nSPS) is 24.5. The predicted molar refractivity (Wildman–Crippen MR) is 61.7 cm³/mol. The Bertz CT molecular complexity index is 375. The van der Waals surface area contributed by atoms with Gasteiger partial charge in [0.25, 0.3) is 0 Å². The number of aromatic nitrogens is 2. The second-order valence-corrected chi connectivity index (χ2v) is 5.18. The van der Waals surface area contributed by atoms with E-state index in [0.29, 0.717) is 12.5 Å². The lowest BCUT2D eigenvalue weighted by atomic mass is 9.69. The Hall–Kier alpha value is -0.940. The van der Waals surface area contributed by atoms with Crippen molar-refractivity contribution in [1.29, 1.82) is 0 Å². The molecule has 0 radical (unpaired) electrons. The molecule has 0 unspecified atom stereocenters. The molecule has 1 aliphatic heterocycles. The van der Waals surface area contributed by atoms with Gasteiger partial charge in [0.05, 0.1) is 5.41 Å². The maximum absolute atomic E-state index is 5.84. The van der Waals surface area contributed by atoms with Gasteiger partial charge in [-0.1, -0.05) is 11.6 Å². The third-order valence-corrected chi connectivity index (χ3v) is 4.18. The SMILES string of the molecule is NCC1(c2nc(C3CCOCC3)no2)CCC1. The van der Waals surface area contributed by atoms with Gasteiger partial charge in [-0.25, -0.2) is 0 Å². The molecule has 1 aliphatic carbocycles. The lowest BCUT2D eigenvalue weighted by Gasteiger charge is -2.36. The van der Waals surface area contributed by atoms with E-state index in [2.05, 4.69) is 10.1 Å². The highest BCUT2D eigenvalue weighted by atomic mass is 16.5. The molecule has 3 rings (SSSR count). The Morgan fingerprint density at radius 3 is 2.65 bits per heavy atom. The number of hydrogen-bond donors (Lipinski definition) is 1. The van der Waals surface area contributed by atoms with Crippen LogP contribution in [0.15, 0.2) is 4.52 Å². The zero-order chi connectivity index (χ0) is 11.7. The smallest absolute Gasteiger partial charge is 0.234 e. The van der Waals surface area contributed by atoms with Gasteiger partial charge in [-0.05, 0) is 25.7 Å². The van der Waals surface area contributed by atoms with E-state index < -0.39 is 0 Å². The first-order chi connectivity index (χ1) is 8.34. The van der Waals surface area contributed by atoms with Crippen LogP contribution in [0.25, 0.3) is 0 Å². The van der Waals surface area contributed by atoms with Gasteiger partial charge in [0.2, 0.25) is 5.89 Å². The minimum Gasteiger partial charge on any atom is -0.381 e. The first kappa shape index (κ1) is 11.2. The van der Waals surface area contributed by atoms with E-state index in [0.717, 1.165) is 50.6 Å². The van der Waals surface area contributed by atoms with Crippen LogP contribution < -0.4 is 5.73 Å². The molecule has 0 amide bonds. The molecule has 2 heterocycles. The van der Waals surface area contributed by atoms with Crippen molar-refractivity contribution in [3.63, 3.8) is 0 Å². The molecule has 0 spiro atoms. The van der Waals surface area contributed by atoms with Gasteiger partial charge >= 0.3 is 0 Å². The van der Waals surface area contributed by atoms with E-state index in [4.69, 9.17) is 15.0 Å². The van der Waals surface area contributed by atoms with Gasteiger partial charge in [0.1, 0.15) is 0 Å². The van der Waals surface area contributed by atoms with E-state index in [1.54, 1.807) is 0 Å². The van der Waals surface area contributed by atoms with Crippen molar-refractivity contribution < 1.29 is 9.26 Å². The zero-order valence-electron chi connectivity index (χ0n) is 10.0. The highest BCUT2D eigenvalue weighted by Gasteiger charge is 2.42. The molecule has 1 saturated carbocycles. The van der Waals surface area contributed by atoms with E-state index in [1.165, 1.54) is 6.42 Å². The van der Waals surface area contributed by atoms with Crippen LogP contribution in [0, 0.1) is 0 Å². The summed E-state index contributed by atoms with van der Waals surface area (Å²) in [6.45, 7) is 2.22. The monoisotopic (exact) mass is 237 g/mol. The molecule has 2 aliphatic rings. The van der Waals surface area contributed by atoms with Gasteiger partial charge in [0, 0.05) is 25.7 Å². The lowest BCUT2D eigenvalue weighted by molar-refractivity contribution is 0.0830. The van der Waals surface area contributed by atoms with Crippen LogP contribution in [0.5, 0.6) is 0 Å². The first-order valence-electron chi connectivity index (χ1n) is 6.46. The second kappa shape index (κ2) is 4.38. The fourth-order valence-corrected chi connectivity index (χ4v) is 2.68. The van der Waals surface area contributed by atoms with Crippen molar-refractivity contribution in [2.24, 2.45) is 5.73 Å². The molecular weight excluding hydrogens is 218 g/mol. The maximum atomic E-state index is 5.84. The average Bonchev–Trinajstić information content (AvgIpc) is 2.80. The number of nitrogens with zero attached hydrogens (tertiary/aromatic N) is 2. The topological polar surface area (TPSA) is 74.2 Å². The van der Waals surface area contributed by atoms with Crippen molar-refractivity contribution in [3.05, 3.63) is 11.7 Å². The van der Waals surface area contributed by atoms with Gasteiger partial charge < -0.3 is 15.0 Å². The summed E-state index contributed by atoms with van der Waals surface area (Å²) in [5, 5.41) is 4.14. The highest BCUT2D eigenvalue weighted by Crippen LogP contribution is 2.42. The molecule has 2 fully saturated rings. The lowest BCUT2D eigenvalue weighted by Crippen LogP contribution is -2.41. The quantitative estimate of drug-likeness (QED) is 0.858. The minimum atomic E-state index is -0.0174. The molecular formula is C12H19N3O2. The summed E-state index contributed by atoms with van der Waals surface area (Å²) in [5.74, 6) is 2.01. The number of nitrogens with two attached hydrogens (primary N) is 1. The molecule has 17 heavy (non-hydrogen) atoms. The third kappa shape index (κ3) is 1.87. The largest absolute Gasteiger partial charge is 0.381 e. The summed E-state index contributed by atoms with van der Waals surface area (Å²) in [7, 11) is 0. The molecule has 94 valence electrons. The van der Waals surface area contributed by atoms with E-state index in [9.17, 15) is 0 Å². The van der Waals surface area contributed by atoms with Crippen LogP contribution >= 0.6 is 0 Å². The predicted octanol–water partition coefficient (Wildman–Crippen LogP) is 1.34. The molecule has 5 heteroatoms. The van der Waals surface area contributed by atoms with Crippen LogP contribution in [0.2, 0.25) is 0 Å². The Morgan fingerprint density at radius 1 is 1.29 bits per heavy atom. The van der Waals surface area contributed by atoms with Crippen molar-refractivity contribution in [2.45, 2.75) is 43.4 Å². The molecule has 0 bridgehead atoms. The third-order valence-electron chi connectivity index (χ3n) is 4.18. The zero-order valence-corrected chi connectivity index (χ0v) is 10.0. The van der Waals surface area contributed by atoms with E-state index >= 15 is 0 Å².